The van der Waals surface area contributed by atoms with E-state index in [1.165, 1.54) is 18.4 Å². The van der Waals surface area contributed by atoms with Crippen LogP contribution in [-0.2, 0) is 24.5 Å². The number of nitrogens with zero attached hydrogens (tertiary/aromatic N) is 1. The van der Waals surface area contributed by atoms with Crippen molar-refractivity contribution in [3.63, 3.8) is 0 Å². The molecule has 128 valence electrons. The molecule has 1 fully saturated rings. The summed E-state index contributed by atoms with van der Waals surface area (Å²) in [7, 11) is -6.55. The number of amides is 1. The van der Waals surface area contributed by atoms with E-state index in [0.717, 1.165) is 0 Å². The van der Waals surface area contributed by atoms with Gasteiger partial charge >= 0.3 is 0 Å². The summed E-state index contributed by atoms with van der Waals surface area (Å²) >= 11 is 0. The Kier molecular flexibility index (Phi) is 5.46. The van der Waals surface area contributed by atoms with Crippen molar-refractivity contribution in [3.05, 3.63) is 30.3 Å². The first-order chi connectivity index (χ1) is 10.7. The fourth-order valence-electron chi connectivity index (χ4n) is 2.66. The maximum absolute atomic E-state index is 12.2. The Hall–Kier alpha value is -1.41. The zero-order valence-electron chi connectivity index (χ0n) is 13.0. The van der Waals surface area contributed by atoms with Gasteiger partial charge in [0, 0.05) is 25.8 Å². The summed E-state index contributed by atoms with van der Waals surface area (Å²) in [6, 6.07) is 8.04. The van der Waals surface area contributed by atoms with Crippen molar-refractivity contribution in [1.82, 2.24) is 4.90 Å². The highest BCUT2D eigenvalue weighted by Gasteiger charge is 2.29. The fraction of sp³-hybridized carbons (Fsp3) is 0.533. The SMILES string of the molecule is CS(=O)(=O)C1CCN(C(=O)CCS(=O)(=O)c2ccccc2)CC1. The van der Waals surface area contributed by atoms with Crippen LogP contribution in [0.2, 0.25) is 0 Å². The van der Waals surface area contributed by atoms with E-state index in [-0.39, 0.29) is 23.0 Å². The van der Waals surface area contributed by atoms with E-state index >= 15 is 0 Å². The maximum Gasteiger partial charge on any atom is 0.223 e. The predicted octanol–water partition coefficient (Wildman–Crippen LogP) is 0.886. The maximum atomic E-state index is 12.2. The van der Waals surface area contributed by atoms with Crippen LogP contribution >= 0.6 is 0 Å². The van der Waals surface area contributed by atoms with Crippen LogP contribution in [0.1, 0.15) is 19.3 Å². The zero-order chi connectivity index (χ0) is 17.1. The second-order valence-electron chi connectivity index (χ2n) is 5.79. The molecule has 23 heavy (non-hydrogen) atoms. The minimum Gasteiger partial charge on any atom is -0.343 e. The van der Waals surface area contributed by atoms with Gasteiger partial charge in [0.15, 0.2) is 9.84 Å². The van der Waals surface area contributed by atoms with Gasteiger partial charge in [-0.05, 0) is 25.0 Å². The molecule has 6 nitrogen and oxygen atoms in total. The van der Waals surface area contributed by atoms with Crippen LogP contribution in [0.15, 0.2) is 35.2 Å². The van der Waals surface area contributed by atoms with Crippen molar-refractivity contribution < 1.29 is 21.6 Å². The lowest BCUT2D eigenvalue weighted by molar-refractivity contribution is -0.131. The third-order valence-corrected chi connectivity index (χ3v) is 7.50. The van der Waals surface area contributed by atoms with Crippen molar-refractivity contribution in [2.24, 2.45) is 0 Å². The molecule has 1 amide bonds. The average Bonchev–Trinajstić information content (AvgIpc) is 2.53. The summed E-state index contributed by atoms with van der Waals surface area (Å²) in [6.45, 7) is 0.726. The Morgan fingerprint density at radius 3 is 2.17 bits per heavy atom. The van der Waals surface area contributed by atoms with E-state index in [9.17, 15) is 21.6 Å². The molecule has 1 aromatic carbocycles. The van der Waals surface area contributed by atoms with Crippen molar-refractivity contribution >= 4 is 25.6 Å². The molecular formula is C15H21NO5S2. The largest absolute Gasteiger partial charge is 0.343 e. The Morgan fingerprint density at radius 1 is 1.09 bits per heavy atom. The summed E-state index contributed by atoms with van der Waals surface area (Å²) in [5.41, 5.74) is 0. The molecule has 0 aliphatic carbocycles. The molecule has 0 atom stereocenters. The Morgan fingerprint density at radius 2 is 1.65 bits per heavy atom. The number of rotatable bonds is 5. The number of carbonyl (C=O) groups is 1. The first kappa shape index (κ1) is 17.9. The Labute approximate surface area is 137 Å². The monoisotopic (exact) mass is 359 g/mol. The number of piperidine rings is 1. The van der Waals surface area contributed by atoms with Gasteiger partial charge in [0.2, 0.25) is 5.91 Å². The lowest BCUT2D eigenvalue weighted by Crippen LogP contribution is -2.42. The van der Waals surface area contributed by atoms with Gasteiger partial charge in [-0.15, -0.1) is 0 Å². The molecule has 1 aliphatic heterocycles. The van der Waals surface area contributed by atoms with Gasteiger partial charge in [0.25, 0.3) is 0 Å². The molecule has 1 aliphatic rings. The van der Waals surface area contributed by atoms with Crippen molar-refractivity contribution in [2.75, 3.05) is 25.1 Å². The zero-order valence-corrected chi connectivity index (χ0v) is 14.6. The smallest absolute Gasteiger partial charge is 0.223 e. The number of carbonyl (C=O) groups excluding carboxylic acids is 1. The number of benzene rings is 1. The third-order valence-electron chi connectivity index (χ3n) is 4.09. The van der Waals surface area contributed by atoms with Gasteiger partial charge in [0.1, 0.15) is 9.84 Å². The van der Waals surface area contributed by atoms with Crippen LogP contribution in [0, 0.1) is 0 Å². The van der Waals surface area contributed by atoms with Crippen LogP contribution in [0.5, 0.6) is 0 Å². The van der Waals surface area contributed by atoms with Gasteiger partial charge in [-0.2, -0.15) is 0 Å². The molecule has 0 unspecified atom stereocenters. The molecule has 2 rings (SSSR count). The molecule has 1 heterocycles. The van der Waals surface area contributed by atoms with Crippen molar-refractivity contribution in [2.45, 2.75) is 29.4 Å². The molecule has 0 spiro atoms. The first-order valence-corrected chi connectivity index (χ1v) is 11.1. The van der Waals surface area contributed by atoms with Gasteiger partial charge in [0.05, 0.1) is 15.9 Å². The fourth-order valence-corrected chi connectivity index (χ4v) is 4.98. The lowest BCUT2D eigenvalue weighted by Gasteiger charge is -2.31. The predicted molar refractivity (Wildman–Crippen MR) is 87.6 cm³/mol. The minimum atomic E-state index is -3.47. The highest BCUT2D eigenvalue weighted by atomic mass is 32.2. The average molecular weight is 359 g/mol. The molecule has 1 aromatic rings. The van der Waals surface area contributed by atoms with E-state index in [4.69, 9.17) is 0 Å². The lowest BCUT2D eigenvalue weighted by atomic mass is 10.1. The van der Waals surface area contributed by atoms with E-state index in [1.54, 1.807) is 23.1 Å². The molecule has 0 N–H and O–H groups in total. The molecule has 1 saturated heterocycles. The van der Waals surface area contributed by atoms with Crippen molar-refractivity contribution in [1.29, 1.82) is 0 Å². The molecule has 0 bridgehead atoms. The minimum absolute atomic E-state index is 0.0826. The number of sulfone groups is 2. The van der Waals surface area contributed by atoms with E-state index in [0.29, 0.717) is 25.9 Å². The van der Waals surface area contributed by atoms with Crippen LogP contribution in [0.3, 0.4) is 0 Å². The van der Waals surface area contributed by atoms with Crippen LogP contribution in [-0.4, -0.2) is 58.0 Å². The third kappa shape index (κ3) is 4.78. The summed E-state index contributed by atoms with van der Waals surface area (Å²) in [6.07, 6.45) is 1.95. The van der Waals surface area contributed by atoms with Gasteiger partial charge in [-0.3, -0.25) is 4.79 Å². The summed E-state index contributed by atoms with van der Waals surface area (Å²) < 4.78 is 47.3. The second kappa shape index (κ2) is 7.00. The molecule has 0 aromatic heterocycles. The van der Waals surface area contributed by atoms with Crippen LogP contribution in [0.4, 0.5) is 0 Å². The molecule has 0 radical (unpaired) electrons. The van der Waals surface area contributed by atoms with Gasteiger partial charge in [-0.1, -0.05) is 18.2 Å². The van der Waals surface area contributed by atoms with Gasteiger partial charge in [-0.25, -0.2) is 16.8 Å². The number of likely N-dealkylation sites (tertiary alicyclic amines) is 1. The molecule has 0 saturated carbocycles. The van der Waals surface area contributed by atoms with Crippen LogP contribution < -0.4 is 0 Å². The topological polar surface area (TPSA) is 88.6 Å². The van der Waals surface area contributed by atoms with Crippen molar-refractivity contribution in [3.8, 4) is 0 Å². The van der Waals surface area contributed by atoms with E-state index < -0.39 is 24.9 Å². The van der Waals surface area contributed by atoms with Gasteiger partial charge < -0.3 is 4.90 Å². The van der Waals surface area contributed by atoms with Crippen LogP contribution in [0.25, 0.3) is 0 Å². The Balaban J connectivity index is 1.89. The molecule has 8 heteroatoms. The summed E-state index contributed by atoms with van der Waals surface area (Å²) in [4.78, 5) is 13.9. The second-order valence-corrected chi connectivity index (χ2v) is 10.2. The summed E-state index contributed by atoms with van der Waals surface area (Å²) in [5.74, 6) is -0.474. The standard InChI is InChI=1S/C15H21NO5S2/c1-22(18,19)13-7-10-16(11-8-13)15(17)9-12-23(20,21)14-5-3-2-4-6-14/h2-6,13H,7-12H2,1H3. The molecular weight excluding hydrogens is 338 g/mol. The van der Waals surface area contributed by atoms with E-state index in [1.807, 2.05) is 0 Å². The highest BCUT2D eigenvalue weighted by molar-refractivity contribution is 7.91. The number of hydrogen-bond acceptors (Lipinski definition) is 5. The van der Waals surface area contributed by atoms with E-state index in [2.05, 4.69) is 0 Å². The number of hydrogen-bond donors (Lipinski definition) is 0. The Bertz CT molecular complexity index is 748. The first-order valence-electron chi connectivity index (χ1n) is 7.44. The highest BCUT2D eigenvalue weighted by Crippen LogP contribution is 2.18. The quantitative estimate of drug-likeness (QED) is 0.779. The normalized spacial score (nSPS) is 17.2. The summed E-state index contributed by atoms with van der Waals surface area (Å²) in [5, 5.41) is -0.403.